The highest BCUT2D eigenvalue weighted by Crippen LogP contribution is 2.28. The van der Waals surface area contributed by atoms with Gasteiger partial charge in [-0.3, -0.25) is 14.9 Å². The molecule has 0 saturated carbocycles. The van der Waals surface area contributed by atoms with Crippen molar-refractivity contribution in [2.45, 2.75) is 33.1 Å². The topological polar surface area (TPSA) is 97.7 Å². The molecule has 0 atom stereocenters. The van der Waals surface area contributed by atoms with Crippen molar-refractivity contribution in [3.05, 3.63) is 87.2 Å². The smallest absolute Gasteiger partial charge is 0.273 e. The summed E-state index contributed by atoms with van der Waals surface area (Å²) in [6, 6.07) is 15.7. The van der Waals surface area contributed by atoms with Crippen LogP contribution < -0.4 is 5.43 Å². The molecule has 1 heterocycles. The molecule has 3 rings (SSSR count). The first-order chi connectivity index (χ1) is 14.1. The number of nitrogens with zero attached hydrogens (tertiary/aromatic N) is 2. The first-order valence-electron chi connectivity index (χ1n) is 9.44. The molecular weight excluding hydrogens is 382 g/mol. The number of furan rings is 1. The average molecular weight is 405 g/mol. The highest BCUT2D eigenvalue weighted by molar-refractivity contribution is 5.94. The minimum absolute atomic E-state index is 0.0159. The lowest BCUT2D eigenvalue weighted by Gasteiger charge is -2.18. The number of aryl methyl sites for hydroxylation is 1. The second-order valence-electron chi connectivity index (χ2n) is 7.99. The Morgan fingerprint density at radius 2 is 1.80 bits per heavy atom. The predicted octanol–water partition coefficient (Wildman–Crippen LogP) is 5.22. The van der Waals surface area contributed by atoms with E-state index in [1.54, 1.807) is 43.3 Å². The van der Waals surface area contributed by atoms with Gasteiger partial charge in [0, 0.05) is 22.8 Å². The number of amides is 1. The summed E-state index contributed by atoms with van der Waals surface area (Å²) >= 11 is 0. The van der Waals surface area contributed by atoms with Crippen LogP contribution in [-0.2, 0) is 5.41 Å². The van der Waals surface area contributed by atoms with Gasteiger partial charge in [0.05, 0.1) is 11.1 Å². The van der Waals surface area contributed by atoms with Crippen molar-refractivity contribution in [3.63, 3.8) is 0 Å². The van der Waals surface area contributed by atoms with Crippen LogP contribution in [0.3, 0.4) is 0 Å². The second-order valence-corrected chi connectivity index (χ2v) is 7.99. The van der Waals surface area contributed by atoms with E-state index in [0.29, 0.717) is 28.2 Å². The Bertz CT molecular complexity index is 1110. The van der Waals surface area contributed by atoms with E-state index in [1.165, 1.54) is 12.3 Å². The van der Waals surface area contributed by atoms with Gasteiger partial charge in [0.2, 0.25) is 0 Å². The van der Waals surface area contributed by atoms with Crippen LogP contribution in [0.15, 0.2) is 64.1 Å². The van der Waals surface area contributed by atoms with Crippen molar-refractivity contribution in [3.8, 4) is 11.3 Å². The van der Waals surface area contributed by atoms with E-state index in [2.05, 4.69) is 31.3 Å². The van der Waals surface area contributed by atoms with Crippen LogP contribution in [0.5, 0.6) is 0 Å². The molecule has 0 fully saturated rings. The van der Waals surface area contributed by atoms with Crippen LogP contribution in [0.4, 0.5) is 5.69 Å². The van der Waals surface area contributed by atoms with Crippen LogP contribution in [0.25, 0.3) is 11.3 Å². The summed E-state index contributed by atoms with van der Waals surface area (Å²) in [7, 11) is 0. The monoisotopic (exact) mass is 405 g/mol. The Morgan fingerprint density at radius 1 is 1.10 bits per heavy atom. The molecule has 0 spiro atoms. The minimum atomic E-state index is -0.423. The van der Waals surface area contributed by atoms with Gasteiger partial charge in [-0.1, -0.05) is 45.0 Å². The molecule has 0 unspecified atom stereocenters. The van der Waals surface area contributed by atoms with Crippen LogP contribution >= 0.6 is 0 Å². The van der Waals surface area contributed by atoms with Gasteiger partial charge in [-0.15, -0.1) is 0 Å². The van der Waals surface area contributed by atoms with Crippen molar-refractivity contribution in [1.82, 2.24) is 5.43 Å². The molecule has 0 aliphatic heterocycles. The molecule has 7 nitrogen and oxygen atoms in total. The quantitative estimate of drug-likeness (QED) is 0.357. The highest BCUT2D eigenvalue weighted by atomic mass is 16.6. The van der Waals surface area contributed by atoms with E-state index in [-0.39, 0.29) is 17.0 Å². The van der Waals surface area contributed by atoms with Crippen molar-refractivity contribution < 1.29 is 14.1 Å². The summed E-state index contributed by atoms with van der Waals surface area (Å²) in [5.74, 6) is 0.563. The number of hydrazone groups is 1. The fraction of sp³-hybridized carbons (Fsp3) is 0.217. The van der Waals surface area contributed by atoms with E-state index < -0.39 is 4.92 Å². The Labute approximate surface area is 174 Å². The number of hydrogen-bond donors (Lipinski definition) is 1. The first-order valence-corrected chi connectivity index (χ1v) is 9.44. The van der Waals surface area contributed by atoms with Gasteiger partial charge in [-0.25, -0.2) is 5.43 Å². The van der Waals surface area contributed by atoms with Gasteiger partial charge in [-0.05, 0) is 42.2 Å². The number of nitro benzene ring substituents is 1. The van der Waals surface area contributed by atoms with Gasteiger partial charge in [0.1, 0.15) is 11.5 Å². The molecule has 1 N–H and O–H groups in total. The fourth-order valence-corrected chi connectivity index (χ4v) is 2.88. The van der Waals surface area contributed by atoms with Crippen molar-refractivity contribution >= 4 is 17.8 Å². The number of nitrogens with one attached hydrogen (secondary N) is 1. The predicted molar refractivity (Wildman–Crippen MR) is 116 cm³/mol. The second kappa shape index (κ2) is 8.32. The Morgan fingerprint density at radius 3 is 2.43 bits per heavy atom. The number of rotatable bonds is 5. The minimum Gasteiger partial charge on any atom is -0.455 e. The van der Waals surface area contributed by atoms with Gasteiger partial charge in [0.25, 0.3) is 11.6 Å². The molecule has 3 aromatic rings. The van der Waals surface area contributed by atoms with Crippen LogP contribution in [-0.4, -0.2) is 17.0 Å². The molecular formula is C23H23N3O4. The maximum absolute atomic E-state index is 12.2. The lowest BCUT2D eigenvalue weighted by molar-refractivity contribution is -0.385. The maximum Gasteiger partial charge on any atom is 0.273 e. The lowest BCUT2D eigenvalue weighted by atomic mass is 9.87. The molecule has 2 aromatic carbocycles. The zero-order valence-corrected chi connectivity index (χ0v) is 17.3. The Kier molecular flexibility index (Phi) is 5.82. The van der Waals surface area contributed by atoms with E-state index >= 15 is 0 Å². The summed E-state index contributed by atoms with van der Waals surface area (Å²) in [5.41, 5.74) is 5.33. The molecule has 154 valence electrons. The third-order valence-corrected chi connectivity index (χ3v) is 4.69. The van der Waals surface area contributed by atoms with Crippen LogP contribution in [0.2, 0.25) is 0 Å². The summed E-state index contributed by atoms with van der Waals surface area (Å²) in [5, 5.41) is 15.0. The first kappa shape index (κ1) is 21.0. The van der Waals surface area contributed by atoms with E-state index in [4.69, 9.17) is 4.42 Å². The number of nitro groups is 1. The third-order valence-electron chi connectivity index (χ3n) is 4.69. The van der Waals surface area contributed by atoms with Crippen molar-refractivity contribution in [2.24, 2.45) is 5.10 Å². The van der Waals surface area contributed by atoms with Crippen molar-refractivity contribution in [1.29, 1.82) is 0 Å². The molecule has 1 amide bonds. The van der Waals surface area contributed by atoms with E-state index in [1.807, 2.05) is 12.1 Å². The summed E-state index contributed by atoms with van der Waals surface area (Å²) in [6.07, 6.45) is 1.38. The summed E-state index contributed by atoms with van der Waals surface area (Å²) in [6.45, 7) is 8.01. The normalized spacial score (nSPS) is 11.6. The van der Waals surface area contributed by atoms with Crippen LogP contribution in [0.1, 0.15) is 48.0 Å². The zero-order valence-electron chi connectivity index (χ0n) is 17.3. The largest absolute Gasteiger partial charge is 0.455 e. The molecule has 0 bridgehead atoms. The molecule has 30 heavy (non-hydrogen) atoms. The Balaban J connectivity index is 1.67. The van der Waals surface area contributed by atoms with Gasteiger partial charge < -0.3 is 4.42 Å². The number of carbonyl (C=O) groups is 1. The SMILES string of the molecule is Cc1ccc(-c2ccc(/C=N\NC(=O)c3ccc(C(C)(C)C)cc3)o2)cc1[N+](=O)[O-]. The number of carbonyl (C=O) groups excluding carboxylic acids is 1. The number of hydrogen-bond acceptors (Lipinski definition) is 5. The number of benzene rings is 2. The third kappa shape index (κ3) is 4.81. The fourth-order valence-electron chi connectivity index (χ4n) is 2.88. The van der Waals surface area contributed by atoms with E-state index in [9.17, 15) is 14.9 Å². The van der Waals surface area contributed by atoms with Gasteiger partial charge >= 0.3 is 0 Å². The lowest BCUT2D eigenvalue weighted by Crippen LogP contribution is -2.18. The molecule has 0 aliphatic carbocycles. The maximum atomic E-state index is 12.2. The molecule has 0 radical (unpaired) electrons. The van der Waals surface area contributed by atoms with Gasteiger partial charge in [0.15, 0.2) is 0 Å². The Hall–Kier alpha value is -3.74. The van der Waals surface area contributed by atoms with E-state index in [0.717, 1.165) is 5.56 Å². The van der Waals surface area contributed by atoms with Crippen molar-refractivity contribution in [2.75, 3.05) is 0 Å². The molecule has 1 aromatic heterocycles. The van der Waals surface area contributed by atoms with Gasteiger partial charge in [-0.2, -0.15) is 5.10 Å². The molecule has 0 aliphatic rings. The van der Waals surface area contributed by atoms with Crippen LogP contribution in [0, 0.1) is 17.0 Å². The molecule has 0 saturated heterocycles. The highest BCUT2D eigenvalue weighted by Gasteiger charge is 2.15. The zero-order chi connectivity index (χ0) is 21.9. The average Bonchev–Trinajstić information content (AvgIpc) is 3.16. The summed E-state index contributed by atoms with van der Waals surface area (Å²) < 4.78 is 5.66. The summed E-state index contributed by atoms with van der Waals surface area (Å²) in [4.78, 5) is 22.9. The standard InChI is InChI=1S/C23H23N3O4/c1-15-5-6-17(13-20(15)26(28)29)21-12-11-19(30-21)14-24-25-22(27)16-7-9-18(10-8-16)23(2,3)4/h5-14H,1-4H3,(H,25,27)/b24-14-. The molecule has 7 heteroatoms.